The van der Waals surface area contributed by atoms with Crippen LogP contribution >= 0.6 is 0 Å². The second-order valence-corrected chi connectivity index (χ2v) is 2.34. The number of hydrogen-bond donors (Lipinski definition) is 1. The van der Waals surface area contributed by atoms with Crippen LogP contribution in [-0.4, -0.2) is 24.9 Å². The van der Waals surface area contributed by atoms with Crippen LogP contribution in [-0.2, 0) is 9.53 Å². The zero-order chi connectivity index (χ0) is 9.84. The number of rotatable bonds is 3. The first-order valence-electron chi connectivity index (χ1n) is 3.58. The van der Waals surface area contributed by atoms with Crippen LogP contribution in [0.1, 0.15) is 10.6 Å². The molecule has 0 aliphatic heterocycles. The van der Waals surface area contributed by atoms with Gasteiger partial charge in [0.25, 0.3) is 0 Å². The van der Waals surface area contributed by atoms with Gasteiger partial charge >= 0.3 is 5.97 Å². The molecule has 0 saturated carbocycles. The average molecular weight is 183 g/mol. The highest BCUT2D eigenvalue weighted by Gasteiger charge is 2.25. The summed E-state index contributed by atoms with van der Waals surface area (Å²) in [4.78, 5) is 22.1. The molecule has 0 aromatic carbocycles. The second kappa shape index (κ2) is 3.86. The summed E-state index contributed by atoms with van der Waals surface area (Å²) in [5.41, 5.74) is 5.28. The molecule has 0 aliphatic rings. The van der Waals surface area contributed by atoms with E-state index in [1.165, 1.54) is 18.4 Å². The summed E-state index contributed by atoms with van der Waals surface area (Å²) in [6, 6.07) is 1.67. The summed E-state index contributed by atoms with van der Waals surface area (Å²) in [7, 11) is 1.16. The Kier molecular flexibility index (Phi) is 2.81. The first-order valence-corrected chi connectivity index (χ1v) is 3.58. The third kappa shape index (κ3) is 1.94. The quantitative estimate of drug-likeness (QED) is 0.404. The molecule has 5 heteroatoms. The number of Topliss-reactive ketones (excluding diaryl/α,β-unsaturated/α-hetero) is 1. The van der Waals surface area contributed by atoms with Crippen LogP contribution in [0.2, 0.25) is 0 Å². The monoisotopic (exact) mass is 183 g/mol. The average Bonchev–Trinajstić information content (AvgIpc) is 2.67. The lowest BCUT2D eigenvalue weighted by Gasteiger charge is -2.04. The third-order valence-corrected chi connectivity index (χ3v) is 1.50. The van der Waals surface area contributed by atoms with Crippen LogP contribution in [0.3, 0.4) is 0 Å². The lowest BCUT2D eigenvalue weighted by atomic mass is 10.1. The van der Waals surface area contributed by atoms with Gasteiger partial charge in [0.15, 0.2) is 11.8 Å². The molecule has 1 aromatic rings. The van der Waals surface area contributed by atoms with Crippen molar-refractivity contribution in [2.24, 2.45) is 5.73 Å². The predicted octanol–water partition coefficient (Wildman–Crippen LogP) is -0.0374. The van der Waals surface area contributed by atoms with Crippen molar-refractivity contribution in [1.82, 2.24) is 0 Å². The number of carbonyl (C=O) groups excluding carboxylic acids is 2. The molecule has 0 aliphatic carbocycles. The van der Waals surface area contributed by atoms with E-state index in [-0.39, 0.29) is 5.76 Å². The Bertz CT molecular complexity index is 304. The van der Waals surface area contributed by atoms with Crippen molar-refractivity contribution in [3.05, 3.63) is 24.2 Å². The van der Waals surface area contributed by atoms with E-state index in [1.807, 2.05) is 0 Å². The van der Waals surface area contributed by atoms with Crippen LogP contribution in [0, 0.1) is 0 Å². The van der Waals surface area contributed by atoms with E-state index >= 15 is 0 Å². The molecule has 0 unspecified atom stereocenters. The molecule has 2 N–H and O–H groups in total. The summed E-state index contributed by atoms with van der Waals surface area (Å²) in [6.07, 6.45) is 1.33. The highest BCUT2D eigenvalue weighted by molar-refractivity contribution is 6.10. The molecule has 0 radical (unpaired) electrons. The van der Waals surface area contributed by atoms with Gasteiger partial charge in [0, 0.05) is 0 Å². The number of ketones is 1. The summed E-state index contributed by atoms with van der Waals surface area (Å²) in [5.74, 6) is -1.31. The van der Waals surface area contributed by atoms with Gasteiger partial charge in [-0.3, -0.25) is 4.79 Å². The Morgan fingerprint density at radius 2 is 2.31 bits per heavy atom. The lowest BCUT2D eigenvalue weighted by Crippen LogP contribution is -2.39. The van der Waals surface area contributed by atoms with E-state index in [0.29, 0.717) is 0 Å². The lowest BCUT2D eigenvalue weighted by molar-refractivity contribution is -0.140. The van der Waals surface area contributed by atoms with Crippen molar-refractivity contribution in [2.75, 3.05) is 7.11 Å². The van der Waals surface area contributed by atoms with Crippen molar-refractivity contribution in [3.8, 4) is 0 Å². The van der Waals surface area contributed by atoms with Gasteiger partial charge in [0.2, 0.25) is 5.78 Å². The maximum Gasteiger partial charge on any atom is 0.330 e. The molecule has 5 nitrogen and oxygen atoms in total. The molecule has 13 heavy (non-hydrogen) atoms. The van der Waals surface area contributed by atoms with Crippen LogP contribution in [0.15, 0.2) is 22.8 Å². The Morgan fingerprint density at radius 3 is 2.77 bits per heavy atom. The SMILES string of the molecule is COC(=O)[C@@H](N)C(=O)c1ccco1. The largest absolute Gasteiger partial charge is 0.468 e. The fraction of sp³-hybridized carbons (Fsp3) is 0.250. The topological polar surface area (TPSA) is 82.5 Å². The first kappa shape index (κ1) is 9.47. The minimum atomic E-state index is -1.31. The van der Waals surface area contributed by atoms with Crippen LogP contribution in [0.4, 0.5) is 0 Å². The van der Waals surface area contributed by atoms with E-state index in [9.17, 15) is 9.59 Å². The maximum absolute atomic E-state index is 11.3. The Balaban J connectivity index is 2.74. The normalized spacial score (nSPS) is 12.2. The minimum Gasteiger partial charge on any atom is -0.468 e. The van der Waals surface area contributed by atoms with E-state index in [0.717, 1.165) is 7.11 Å². The highest BCUT2D eigenvalue weighted by Crippen LogP contribution is 2.03. The molecule has 1 heterocycles. The van der Waals surface area contributed by atoms with Gasteiger partial charge in [-0.05, 0) is 12.1 Å². The van der Waals surface area contributed by atoms with Gasteiger partial charge in [0.1, 0.15) is 0 Å². The van der Waals surface area contributed by atoms with Crippen LogP contribution < -0.4 is 5.73 Å². The fourth-order valence-corrected chi connectivity index (χ4v) is 0.806. The number of furan rings is 1. The molecular formula is C8H9NO4. The minimum absolute atomic E-state index is 0.0536. The maximum atomic E-state index is 11.3. The molecular weight excluding hydrogens is 174 g/mol. The van der Waals surface area contributed by atoms with Crippen LogP contribution in [0.25, 0.3) is 0 Å². The third-order valence-electron chi connectivity index (χ3n) is 1.50. The van der Waals surface area contributed by atoms with Crippen molar-refractivity contribution in [3.63, 3.8) is 0 Å². The van der Waals surface area contributed by atoms with E-state index in [4.69, 9.17) is 10.2 Å². The molecule has 0 fully saturated rings. The zero-order valence-corrected chi connectivity index (χ0v) is 7.02. The van der Waals surface area contributed by atoms with Gasteiger partial charge in [-0.2, -0.15) is 0 Å². The summed E-state index contributed by atoms with van der Waals surface area (Å²) in [6.45, 7) is 0. The van der Waals surface area contributed by atoms with Gasteiger partial charge in [-0.25, -0.2) is 4.79 Å². The van der Waals surface area contributed by atoms with Crippen molar-refractivity contribution in [1.29, 1.82) is 0 Å². The van der Waals surface area contributed by atoms with E-state index in [1.54, 1.807) is 0 Å². The second-order valence-electron chi connectivity index (χ2n) is 2.34. The van der Waals surface area contributed by atoms with Gasteiger partial charge < -0.3 is 14.9 Å². The molecule has 70 valence electrons. The number of methoxy groups -OCH3 is 1. The molecule has 0 spiro atoms. The molecule has 1 atom stereocenters. The predicted molar refractivity (Wildman–Crippen MR) is 43.0 cm³/mol. The van der Waals surface area contributed by atoms with Crippen molar-refractivity contribution < 1.29 is 18.7 Å². The fourth-order valence-electron chi connectivity index (χ4n) is 0.806. The Labute approximate surface area is 74.5 Å². The smallest absolute Gasteiger partial charge is 0.330 e. The molecule has 0 amide bonds. The standard InChI is InChI=1S/C8H9NO4/c1-12-8(11)6(9)7(10)5-3-2-4-13-5/h2-4,6H,9H2,1H3/t6-/m0/s1. The van der Waals surface area contributed by atoms with Gasteiger partial charge in [-0.15, -0.1) is 0 Å². The van der Waals surface area contributed by atoms with Crippen molar-refractivity contribution in [2.45, 2.75) is 6.04 Å². The van der Waals surface area contributed by atoms with Gasteiger partial charge in [0.05, 0.1) is 13.4 Å². The molecule has 1 aromatic heterocycles. The summed E-state index contributed by atoms with van der Waals surface area (Å²) >= 11 is 0. The molecule has 0 bridgehead atoms. The Hall–Kier alpha value is -1.62. The number of nitrogens with two attached hydrogens (primary N) is 1. The summed E-state index contributed by atoms with van der Waals surface area (Å²) < 4.78 is 9.08. The Morgan fingerprint density at radius 1 is 1.62 bits per heavy atom. The number of esters is 1. The summed E-state index contributed by atoms with van der Waals surface area (Å²) in [5, 5.41) is 0. The number of ether oxygens (including phenoxy) is 1. The number of hydrogen-bond acceptors (Lipinski definition) is 5. The molecule has 1 rings (SSSR count). The van der Waals surface area contributed by atoms with Gasteiger partial charge in [-0.1, -0.05) is 0 Å². The molecule has 0 saturated heterocycles. The van der Waals surface area contributed by atoms with Crippen LogP contribution in [0.5, 0.6) is 0 Å². The number of carbonyl (C=O) groups is 2. The first-order chi connectivity index (χ1) is 6.16. The van der Waals surface area contributed by atoms with Crippen molar-refractivity contribution >= 4 is 11.8 Å². The van der Waals surface area contributed by atoms with E-state index < -0.39 is 17.8 Å². The van der Waals surface area contributed by atoms with E-state index in [2.05, 4.69) is 4.74 Å². The zero-order valence-electron chi connectivity index (χ0n) is 7.02. The highest BCUT2D eigenvalue weighted by atomic mass is 16.5.